The van der Waals surface area contributed by atoms with E-state index in [1.54, 1.807) is 16.7 Å². The number of aryl methyl sites for hydroxylation is 3. The lowest BCUT2D eigenvalue weighted by Crippen LogP contribution is -2.54. The SMILES string of the molecule is Cc1ccc([C@@H]2SC[C@@H](C(=O)N3CCCC[C@H]3C)N2C(=O)Nc2ccc(C)c(C)c2)cc1. The Morgan fingerprint density at radius 3 is 2.44 bits per heavy atom. The van der Waals surface area contributed by atoms with Crippen LogP contribution in [0.4, 0.5) is 10.5 Å². The van der Waals surface area contributed by atoms with Crippen LogP contribution in [0.1, 0.15) is 53.8 Å². The Hall–Kier alpha value is -2.47. The standard InChI is InChI=1S/C26H33N3O2S/c1-17-8-11-21(12-9-17)25-29(26(31)27-22-13-10-18(2)19(3)15-22)23(16-32-25)24(30)28-14-6-5-7-20(28)4/h8-13,15,20,23,25H,5-7,14,16H2,1-4H3,(H,27,31)/t20-,23+,25+/m1/s1. The number of carbonyl (C=O) groups excluding carboxylic acids is 2. The van der Waals surface area contributed by atoms with Crippen molar-refractivity contribution >= 4 is 29.4 Å². The first-order chi connectivity index (χ1) is 15.3. The first kappa shape index (κ1) is 22.7. The van der Waals surface area contributed by atoms with Crippen molar-refractivity contribution in [3.8, 4) is 0 Å². The Morgan fingerprint density at radius 2 is 1.75 bits per heavy atom. The number of carbonyl (C=O) groups is 2. The maximum Gasteiger partial charge on any atom is 0.323 e. The number of hydrogen-bond donors (Lipinski definition) is 1. The van der Waals surface area contributed by atoms with Crippen LogP contribution in [-0.4, -0.2) is 46.1 Å². The molecule has 0 aliphatic carbocycles. The molecule has 0 aromatic heterocycles. The lowest BCUT2D eigenvalue weighted by atomic mass is 10.0. The van der Waals surface area contributed by atoms with Gasteiger partial charge in [-0.3, -0.25) is 9.69 Å². The normalized spacial score (nSPS) is 23.3. The fraction of sp³-hybridized carbons (Fsp3) is 0.462. The molecule has 3 atom stereocenters. The van der Waals surface area contributed by atoms with Crippen LogP contribution in [0.5, 0.6) is 0 Å². The Kier molecular flexibility index (Phi) is 6.79. The molecule has 2 aliphatic heterocycles. The molecule has 3 amide bonds. The maximum atomic E-state index is 13.6. The molecule has 0 unspecified atom stereocenters. The molecule has 32 heavy (non-hydrogen) atoms. The molecule has 2 saturated heterocycles. The van der Waals surface area contributed by atoms with Gasteiger partial charge in [0.1, 0.15) is 11.4 Å². The van der Waals surface area contributed by atoms with Crippen LogP contribution in [0.25, 0.3) is 0 Å². The second-order valence-corrected chi connectivity index (χ2v) is 10.2. The van der Waals surface area contributed by atoms with E-state index in [-0.39, 0.29) is 23.4 Å². The van der Waals surface area contributed by atoms with E-state index >= 15 is 0 Å². The lowest BCUT2D eigenvalue weighted by Gasteiger charge is -2.38. The number of thioether (sulfide) groups is 1. The highest BCUT2D eigenvalue weighted by atomic mass is 32.2. The van der Waals surface area contributed by atoms with Gasteiger partial charge in [0, 0.05) is 24.0 Å². The Balaban J connectivity index is 1.63. The van der Waals surface area contributed by atoms with Gasteiger partial charge < -0.3 is 10.2 Å². The molecular formula is C26H33N3O2S. The van der Waals surface area contributed by atoms with Crippen LogP contribution in [0.2, 0.25) is 0 Å². The summed E-state index contributed by atoms with van der Waals surface area (Å²) in [6, 6.07) is 13.7. The molecule has 2 aliphatic rings. The van der Waals surface area contributed by atoms with E-state index in [1.165, 1.54) is 11.1 Å². The molecule has 170 valence electrons. The van der Waals surface area contributed by atoms with Gasteiger partial charge in [0.05, 0.1) is 0 Å². The molecule has 2 aromatic rings. The minimum Gasteiger partial charge on any atom is -0.338 e. The van der Waals surface area contributed by atoms with Crippen molar-refractivity contribution in [1.29, 1.82) is 0 Å². The zero-order chi connectivity index (χ0) is 22.8. The summed E-state index contributed by atoms with van der Waals surface area (Å²) in [6.07, 6.45) is 3.22. The predicted molar refractivity (Wildman–Crippen MR) is 132 cm³/mol. The highest BCUT2D eigenvalue weighted by Crippen LogP contribution is 2.42. The Labute approximate surface area is 195 Å². The number of nitrogens with zero attached hydrogens (tertiary/aromatic N) is 2. The third-order valence-corrected chi connectivity index (χ3v) is 8.05. The molecule has 6 heteroatoms. The highest BCUT2D eigenvalue weighted by Gasteiger charge is 2.44. The van der Waals surface area contributed by atoms with E-state index in [2.05, 4.69) is 50.4 Å². The van der Waals surface area contributed by atoms with Gasteiger partial charge in [0.25, 0.3) is 0 Å². The van der Waals surface area contributed by atoms with Crippen LogP contribution in [0.3, 0.4) is 0 Å². The number of likely N-dealkylation sites (tertiary alicyclic amines) is 1. The summed E-state index contributed by atoms with van der Waals surface area (Å²) in [7, 11) is 0. The molecule has 2 heterocycles. The summed E-state index contributed by atoms with van der Waals surface area (Å²) >= 11 is 1.67. The molecule has 0 bridgehead atoms. The second kappa shape index (κ2) is 9.57. The molecule has 4 rings (SSSR count). The van der Waals surface area contributed by atoms with Crippen LogP contribution in [0.15, 0.2) is 42.5 Å². The number of benzene rings is 2. The van der Waals surface area contributed by atoms with Crippen LogP contribution >= 0.6 is 11.8 Å². The molecular weight excluding hydrogens is 418 g/mol. The van der Waals surface area contributed by atoms with E-state index in [1.807, 2.05) is 30.0 Å². The first-order valence-corrected chi connectivity index (χ1v) is 12.6. The van der Waals surface area contributed by atoms with Gasteiger partial charge in [0.2, 0.25) is 5.91 Å². The average Bonchev–Trinajstić information content (AvgIpc) is 3.22. The zero-order valence-electron chi connectivity index (χ0n) is 19.4. The molecule has 1 N–H and O–H groups in total. The van der Waals surface area contributed by atoms with Crippen LogP contribution in [0, 0.1) is 20.8 Å². The summed E-state index contributed by atoms with van der Waals surface area (Å²) in [6.45, 7) is 9.05. The number of hydrogen-bond acceptors (Lipinski definition) is 3. The average molecular weight is 452 g/mol. The van der Waals surface area contributed by atoms with Crippen molar-refractivity contribution in [3.05, 3.63) is 64.7 Å². The molecule has 0 saturated carbocycles. The quantitative estimate of drug-likeness (QED) is 0.655. The Morgan fingerprint density at radius 1 is 1.00 bits per heavy atom. The van der Waals surface area contributed by atoms with Crippen molar-refractivity contribution < 1.29 is 9.59 Å². The number of rotatable bonds is 3. The van der Waals surface area contributed by atoms with Crippen molar-refractivity contribution in [3.63, 3.8) is 0 Å². The van der Waals surface area contributed by atoms with Gasteiger partial charge >= 0.3 is 6.03 Å². The summed E-state index contributed by atoms with van der Waals surface area (Å²) in [4.78, 5) is 30.9. The third kappa shape index (κ3) is 4.65. The van der Waals surface area contributed by atoms with Crippen molar-refractivity contribution in [1.82, 2.24) is 9.80 Å². The molecule has 0 spiro atoms. The van der Waals surface area contributed by atoms with Crippen molar-refractivity contribution in [2.75, 3.05) is 17.6 Å². The fourth-order valence-electron chi connectivity index (χ4n) is 4.56. The predicted octanol–water partition coefficient (Wildman–Crippen LogP) is 5.66. The minimum atomic E-state index is -0.460. The van der Waals surface area contributed by atoms with Gasteiger partial charge in [-0.2, -0.15) is 0 Å². The van der Waals surface area contributed by atoms with Crippen LogP contribution in [-0.2, 0) is 4.79 Å². The smallest absolute Gasteiger partial charge is 0.323 e. The van der Waals surface area contributed by atoms with Gasteiger partial charge in [-0.1, -0.05) is 35.9 Å². The largest absolute Gasteiger partial charge is 0.338 e. The fourth-order valence-corrected chi connectivity index (χ4v) is 5.98. The summed E-state index contributed by atoms with van der Waals surface area (Å²) in [5, 5.41) is 2.88. The van der Waals surface area contributed by atoms with Gasteiger partial charge in [-0.05, 0) is 75.8 Å². The first-order valence-electron chi connectivity index (χ1n) is 11.5. The van der Waals surface area contributed by atoms with Gasteiger partial charge in [0.15, 0.2) is 0 Å². The van der Waals surface area contributed by atoms with E-state index in [9.17, 15) is 9.59 Å². The van der Waals surface area contributed by atoms with Crippen molar-refractivity contribution in [2.24, 2.45) is 0 Å². The number of amides is 3. The Bertz CT molecular complexity index is 991. The second-order valence-electron chi connectivity index (χ2n) is 9.13. The highest BCUT2D eigenvalue weighted by molar-refractivity contribution is 7.99. The van der Waals surface area contributed by atoms with Crippen LogP contribution < -0.4 is 5.32 Å². The third-order valence-electron chi connectivity index (χ3n) is 6.73. The van der Waals surface area contributed by atoms with Gasteiger partial charge in [-0.25, -0.2) is 4.79 Å². The number of piperidine rings is 1. The molecule has 2 aromatic carbocycles. The van der Waals surface area contributed by atoms with E-state index in [0.29, 0.717) is 5.75 Å². The molecule has 2 fully saturated rings. The maximum absolute atomic E-state index is 13.6. The number of anilines is 1. The molecule has 0 radical (unpaired) electrons. The topological polar surface area (TPSA) is 52.7 Å². The summed E-state index contributed by atoms with van der Waals surface area (Å²) in [5.74, 6) is 0.690. The van der Waals surface area contributed by atoms with Gasteiger partial charge in [-0.15, -0.1) is 11.8 Å². The molecule has 5 nitrogen and oxygen atoms in total. The summed E-state index contributed by atoms with van der Waals surface area (Å²) < 4.78 is 0. The number of urea groups is 1. The van der Waals surface area contributed by atoms with E-state index < -0.39 is 6.04 Å². The number of nitrogens with one attached hydrogen (secondary N) is 1. The zero-order valence-corrected chi connectivity index (χ0v) is 20.2. The minimum absolute atomic E-state index is 0.0783. The summed E-state index contributed by atoms with van der Waals surface area (Å²) in [5.41, 5.74) is 5.30. The lowest BCUT2D eigenvalue weighted by molar-refractivity contribution is -0.138. The van der Waals surface area contributed by atoms with Crippen molar-refractivity contribution in [2.45, 2.75) is 64.4 Å². The monoisotopic (exact) mass is 451 g/mol. The van der Waals surface area contributed by atoms with E-state index in [0.717, 1.165) is 42.6 Å². The van der Waals surface area contributed by atoms with E-state index in [4.69, 9.17) is 0 Å².